The Hall–Kier alpha value is -4.35. The highest BCUT2D eigenvalue weighted by molar-refractivity contribution is 7.92. The van der Waals surface area contributed by atoms with Crippen molar-refractivity contribution in [2.24, 2.45) is 0 Å². The van der Waals surface area contributed by atoms with Gasteiger partial charge in [0.25, 0.3) is 0 Å². The highest BCUT2D eigenvalue weighted by Gasteiger charge is 2.34. The lowest BCUT2D eigenvalue weighted by Gasteiger charge is -2.33. The van der Waals surface area contributed by atoms with E-state index in [1.807, 2.05) is 42.5 Å². The molecule has 0 amide bonds. The van der Waals surface area contributed by atoms with Crippen LogP contribution < -0.4 is 4.90 Å². The Morgan fingerprint density at radius 2 is 1.06 bits per heavy atom. The van der Waals surface area contributed by atoms with Crippen LogP contribution in [0.25, 0.3) is 27.5 Å². The molecule has 0 aliphatic carbocycles. The predicted octanol–water partition coefficient (Wildman–Crippen LogP) is 7.40. The second-order valence-electron chi connectivity index (χ2n) is 8.66. The second kappa shape index (κ2) is 7.32. The van der Waals surface area contributed by atoms with Gasteiger partial charge in [-0.1, -0.05) is 60.7 Å². The molecule has 4 nitrogen and oxygen atoms in total. The van der Waals surface area contributed by atoms with Gasteiger partial charge in [-0.3, -0.25) is 0 Å². The minimum Gasteiger partial charge on any atom is -0.309 e. The van der Waals surface area contributed by atoms with Gasteiger partial charge < -0.3 is 9.47 Å². The van der Waals surface area contributed by atoms with Crippen molar-refractivity contribution in [1.82, 2.24) is 4.57 Å². The molecule has 1 aliphatic heterocycles. The molecule has 0 saturated carbocycles. The molecule has 0 unspecified atom stereocenters. The Balaban J connectivity index is 1.54. The van der Waals surface area contributed by atoms with Gasteiger partial charge >= 0.3 is 0 Å². The van der Waals surface area contributed by atoms with Crippen LogP contribution in [0.2, 0.25) is 0 Å². The Morgan fingerprint density at radius 3 is 1.77 bits per heavy atom. The molecule has 0 saturated heterocycles. The molecule has 0 bridgehead atoms. The van der Waals surface area contributed by atoms with Crippen LogP contribution in [-0.4, -0.2) is 13.0 Å². The lowest BCUT2D eigenvalue weighted by Crippen LogP contribution is -2.21. The Labute approximate surface area is 203 Å². The van der Waals surface area contributed by atoms with Gasteiger partial charge in [-0.2, -0.15) is 0 Å². The van der Waals surface area contributed by atoms with Crippen LogP contribution in [0.5, 0.6) is 0 Å². The van der Waals surface area contributed by atoms with Gasteiger partial charge in [-0.05, 0) is 60.7 Å². The zero-order chi connectivity index (χ0) is 23.6. The summed E-state index contributed by atoms with van der Waals surface area (Å²) in [5, 5.41) is 2.27. The zero-order valence-corrected chi connectivity index (χ0v) is 19.5. The quantitative estimate of drug-likeness (QED) is 0.263. The summed E-state index contributed by atoms with van der Waals surface area (Å²) in [5.74, 6) is 0. The summed E-state index contributed by atoms with van der Waals surface area (Å²) in [6.07, 6.45) is 0. The van der Waals surface area contributed by atoms with Crippen LogP contribution >= 0.6 is 0 Å². The summed E-state index contributed by atoms with van der Waals surface area (Å²) in [6, 6.07) is 39.6. The number of sulfone groups is 1. The van der Waals surface area contributed by atoms with Gasteiger partial charge in [0.15, 0.2) is 0 Å². The highest BCUT2D eigenvalue weighted by atomic mass is 32.2. The van der Waals surface area contributed by atoms with Gasteiger partial charge in [0, 0.05) is 22.1 Å². The fraction of sp³-hybridized carbons (Fsp3) is 0. The normalized spacial score (nSPS) is 14.1. The van der Waals surface area contributed by atoms with E-state index >= 15 is 0 Å². The molecule has 0 fully saturated rings. The summed E-state index contributed by atoms with van der Waals surface area (Å²) < 4.78 is 29.1. The summed E-state index contributed by atoms with van der Waals surface area (Å²) >= 11 is 0. The van der Waals surface area contributed by atoms with E-state index in [2.05, 4.69) is 64.1 Å². The predicted molar refractivity (Wildman–Crippen MR) is 141 cm³/mol. The fourth-order valence-corrected chi connectivity index (χ4v) is 6.84. The number of benzene rings is 5. The molecule has 1 aromatic heterocycles. The SMILES string of the molecule is O=S1(=O)c2ccccc2N(c2ccc3c(c2)c2ccccc2n3-c2ccccc2)c2ccccc21. The number of aromatic nitrogens is 1. The van der Waals surface area contributed by atoms with Crippen molar-refractivity contribution in [2.75, 3.05) is 4.90 Å². The third kappa shape index (κ3) is 2.82. The second-order valence-corrected chi connectivity index (χ2v) is 10.6. The van der Waals surface area contributed by atoms with Crippen molar-refractivity contribution in [3.05, 3.63) is 121 Å². The van der Waals surface area contributed by atoms with Crippen LogP contribution in [0.4, 0.5) is 17.1 Å². The molecule has 6 aromatic rings. The molecule has 0 N–H and O–H groups in total. The van der Waals surface area contributed by atoms with E-state index in [0.717, 1.165) is 33.2 Å². The van der Waals surface area contributed by atoms with Gasteiger partial charge in [0.1, 0.15) is 0 Å². The molecule has 35 heavy (non-hydrogen) atoms. The minimum absolute atomic E-state index is 0.325. The summed E-state index contributed by atoms with van der Waals surface area (Å²) in [6.45, 7) is 0. The molecule has 1 aliphatic rings. The molecule has 0 spiro atoms. The average molecular weight is 473 g/mol. The van der Waals surface area contributed by atoms with E-state index in [0.29, 0.717) is 21.2 Å². The molecular weight excluding hydrogens is 452 g/mol. The topological polar surface area (TPSA) is 42.3 Å². The lowest BCUT2D eigenvalue weighted by molar-refractivity contribution is 0.595. The number of hydrogen-bond donors (Lipinski definition) is 0. The highest BCUT2D eigenvalue weighted by Crippen LogP contribution is 2.48. The summed E-state index contributed by atoms with van der Waals surface area (Å²) in [7, 11) is -3.60. The van der Waals surface area contributed by atoms with Crippen LogP contribution in [0.15, 0.2) is 131 Å². The summed E-state index contributed by atoms with van der Waals surface area (Å²) in [4.78, 5) is 2.70. The van der Waals surface area contributed by atoms with E-state index in [4.69, 9.17) is 0 Å². The number of nitrogens with zero attached hydrogens (tertiary/aromatic N) is 2. The van der Waals surface area contributed by atoms with Crippen molar-refractivity contribution in [2.45, 2.75) is 9.79 Å². The first kappa shape index (κ1) is 20.1. The number of rotatable bonds is 2. The maximum Gasteiger partial charge on any atom is 0.210 e. The molecule has 5 aromatic carbocycles. The third-order valence-corrected chi connectivity index (χ3v) is 8.57. The van der Waals surface area contributed by atoms with Crippen LogP contribution in [0, 0.1) is 0 Å². The Bertz CT molecular complexity index is 1820. The standard InChI is InChI=1S/C30H20N2O2S/c33-35(34)29-16-8-6-14-27(29)32(28-15-7-9-17-30(28)35)22-18-19-26-24(20-22)23-12-4-5-13-25(23)31(26)21-10-2-1-3-11-21/h1-20H. The minimum atomic E-state index is -3.60. The van der Waals surface area contributed by atoms with Gasteiger partial charge in [-0.25, -0.2) is 8.42 Å². The maximum absolute atomic E-state index is 13.4. The molecule has 168 valence electrons. The lowest BCUT2D eigenvalue weighted by atomic mass is 10.1. The number of para-hydroxylation sites is 4. The van der Waals surface area contributed by atoms with E-state index in [-0.39, 0.29) is 0 Å². The van der Waals surface area contributed by atoms with E-state index in [1.165, 1.54) is 0 Å². The van der Waals surface area contributed by atoms with Crippen molar-refractivity contribution in [3.63, 3.8) is 0 Å². The van der Waals surface area contributed by atoms with Gasteiger partial charge in [0.05, 0.1) is 32.2 Å². The smallest absolute Gasteiger partial charge is 0.210 e. The molecule has 7 rings (SSSR count). The fourth-order valence-electron chi connectivity index (χ4n) is 5.22. The molecule has 5 heteroatoms. The van der Waals surface area contributed by atoms with Crippen molar-refractivity contribution in [1.29, 1.82) is 0 Å². The molecule has 2 heterocycles. The van der Waals surface area contributed by atoms with Crippen molar-refractivity contribution < 1.29 is 8.42 Å². The maximum atomic E-state index is 13.4. The van der Waals surface area contributed by atoms with E-state index < -0.39 is 9.84 Å². The van der Waals surface area contributed by atoms with Crippen molar-refractivity contribution in [3.8, 4) is 5.69 Å². The van der Waals surface area contributed by atoms with Crippen LogP contribution in [0.1, 0.15) is 0 Å². The van der Waals surface area contributed by atoms with Crippen LogP contribution in [0.3, 0.4) is 0 Å². The van der Waals surface area contributed by atoms with E-state index in [1.54, 1.807) is 24.3 Å². The first-order valence-corrected chi connectivity index (χ1v) is 12.9. The van der Waals surface area contributed by atoms with Crippen LogP contribution in [-0.2, 0) is 9.84 Å². The Kier molecular flexibility index (Phi) is 4.20. The monoisotopic (exact) mass is 472 g/mol. The first-order chi connectivity index (χ1) is 17.1. The molecule has 0 radical (unpaired) electrons. The average Bonchev–Trinajstić information content (AvgIpc) is 3.23. The third-order valence-electron chi connectivity index (χ3n) is 6.72. The Morgan fingerprint density at radius 1 is 0.486 bits per heavy atom. The van der Waals surface area contributed by atoms with Gasteiger partial charge in [0.2, 0.25) is 9.84 Å². The number of hydrogen-bond acceptors (Lipinski definition) is 3. The number of fused-ring (bicyclic) bond motifs is 5. The number of anilines is 3. The first-order valence-electron chi connectivity index (χ1n) is 11.5. The van der Waals surface area contributed by atoms with E-state index in [9.17, 15) is 8.42 Å². The van der Waals surface area contributed by atoms with Crippen molar-refractivity contribution >= 4 is 48.7 Å². The molecule has 0 atom stereocenters. The molecular formula is C30H20N2O2S. The summed E-state index contributed by atoms with van der Waals surface area (Å²) in [5.41, 5.74) is 5.59. The zero-order valence-electron chi connectivity index (χ0n) is 18.7. The largest absolute Gasteiger partial charge is 0.309 e. The van der Waals surface area contributed by atoms with Gasteiger partial charge in [-0.15, -0.1) is 0 Å².